The minimum atomic E-state index is -0.340. The van der Waals surface area contributed by atoms with Gasteiger partial charge < -0.3 is 4.90 Å². The van der Waals surface area contributed by atoms with Gasteiger partial charge in [0.1, 0.15) is 0 Å². The lowest BCUT2D eigenvalue weighted by Gasteiger charge is -2.35. The number of aryl methyl sites for hydroxylation is 1. The quantitative estimate of drug-likeness (QED) is 0.778. The van der Waals surface area contributed by atoms with Gasteiger partial charge in [0.15, 0.2) is 0 Å². The van der Waals surface area contributed by atoms with E-state index in [4.69, 9.17) is 5.26 Å². The molecule has 1 saturated heterocycles. The van der Waals surface area contributed by atoms with E-state index in [9.17, 15) is 9.59 Å². The molecule has 1 aromatic rings. The average molecular weight is 271 g/mol. The number of rotatable bonds is 3. The lowest BCUT2D eigenvalue weighted by atomic mass is 10.1. The molecule has 0 spiro atoms. The number of imide groups is 1. The molecular formula is C15H17N3O2. The molecule has 0 radical (unpaired) electrons. The maximum absolute atomic E-state index is 12.1. The zero-order chi connectivity index (χ0) is 14.7. The lowest BCUT2D eigenvalue weighted by Crippen LogP contribution is -2.55. The maximum atomic E-state index is 12.1. The third-order valence-electron chi connectivity index (χ3n) is 3.39. The van der Waals surface area contributed by atoms with Crippen LogP contribution in [0.3, 0.4) is 0 Å². The third-order valence-corrected chi connectivity index (χ3v) is 3.39. The fraction of sp³-hybridized carbons (Fsp3) is 0.400. The Morgan fingerprint density at radius 3 is 2.40 bits per heavy atom. The highest BCUT2D eigenvalue weighted by Gasteiger charge is 2.32. The van der Waals surface area contributed by atoms with Crippen LogP contribution in [0.5, 0.6) is 0 Å². The predicted octanol–water partition coefficient (Wildman–Crippen LogP) is 1.33. The number of carbonyl (C=O) groups is 2. The molecule has 0 bridgehead atoms. The zero-order valence-corrected chi connectivity index (χ0v) is 11.7. The van der Waals surface area contributed by atoms with Crippen LogP contribution in [-0.2, 0) is 9.59 Å². The number of para-hydroxylation sites is 1. The van der Waals surface area contributed by atoms with Crippen LogP contribution in [0.4, 0.5) is 5.69 Å². The molecule has 1 fully saturated rings. The Labute approximate surface area is 118 Å². The summed E-state index contributed by atoms with van der Waals surface area (Å²) >= 11 is 0. The predicted molar refractivity (Wildman–Crippen MR) is 74.9 cm³/mol. The summed E-state index contributed by atoms with van der Waals surface area (Å²) < 4.78 is 0. The van der Waals surface area contributed by atoms with Crippen LogP contribution >= 0.6 is 0 Å². The van der Waals surface area contributed by atoms with Crippen molar-refractivity contribution in [2.24, 2.45) is 5.92 Å². The van der Waals surface area contributed by atoms with Gasteiger partial charge in [-0.25, -0.2) is 0 Å². The molecule has 0 N–H and O–H groups in total. The summed E-state index contributed by atoms with van der Waals surface area (Å²) in [6.07, 6.45) is 0. The van der Waals surface area contributed by atoms with Crippen molar-refractivity contribution in [3.8, 4) is 6.07 Å². The second kappa shape index (κ2) is 5.74. The van der Waals surface area contributed by atoms with Gasteiger partial charge in [-0.15, -0.1) is 0 Å². The van der Waals surface area contributed by atoms with Crippen LogP contribution in [0.25, 0.3) is 0 Å². The SMILES string of the molecule is Cc1ccccc1N1CC(=O)N(CC(C)C#N)C(=O)C1. The van der Waals surface area contributed by atoms with Gasteiger partial charge in [0.05, 0.1) is 25.1 Å². The first kappa shape index (κ1) is 14.1. The van der Waals surface area contributed by atoms with Gasteiger partial charge in [-0.1, -0.05) is 18.2 Å². The summed E-state index contributed by atoms with van der Waals surface area (Å²) in [7, 11) is 0. The summed E-state index contributed by atoms with van der Waals surface area (Å²) in [4.78, 5) is 27.2. The van der Waals surface area contributed by atoms with Crippen LogP contribution in [-0.4, -0.2) is 36.3 Å². The van der Waals surface area contributed by atoms with E-state index < -0.39 is 0 Å². The van der Waals surface area contributed by atoms with E-state index in [1.807, 2.05) is 37.3 Å². The van der Waals surface area contributed by atoms with Crippen molar-refractivity contribution in [1.82, 2.24) is 4.90 Å². The van der Waals surface area contributed by atoms with Crippen molar-refractivity contribution in [1.29, 1.82) is 5.26 Å². The number of carbonyl (C=O) groups excluding carboxylic acids is 2. The van der Waals surface area contributed by atoms with Crippen LogP contribution in [0, 0.1) is 24.2 Å². The van der Waals surface area contributed by atoms with E-state index in [1.54, 1.807) is 11.8 Å². The summed E-state index contributed by atoms with van der Waals surface area (Å²) in [6, 6.07) is 9.72. The second-order valence-electron chi connectivity index (χ2n) is 5.07. The van der Waals surface area contributed by atoms with E-state index in [2.05, 4.69) is 0 Å². The topological polar surface area (TPSA) is 64.4 Å². The Kier molecular flexibility index (Phi) is 4.04. The monoisotopic (exact) mass is 271 g/mol. The molecule has 2 amide bonds. The van der Waals surface area contributed by atoms with Crippen molar-refractivity contribution in [2.75, 3.05) is 24.5 Å². The standard InChI is InChI=1S/C15H17N3O2/c1-11(7-16)8-18-14(19)9-17(10-15(18)20)13-6-4-3-5-12(13)2/h3-6,11H,8-10H2,1-2H3. The van der Waals surface area contributed by atoms with Crippen LogP contribution < -0.4 is 4.90 Å². The van der Waals surface area contributed by atoms with E-state index in [0.717, 1.165) is 11.3 Å². The number of hydrogen-bond donors (Lipinski definition) is 0. The van der Waals surface area contributed by atoms with Crippen LogP contribution in [0.1, 0.15) is 12.5 Å². The molecule has 1 unspecified atom stereocenters. The lowest BCUT2D eigenvalue weighted by molar-refractivity contribution is -0.145. The van der Waals surface area contributed by atoms with Crippen molar-refractivity contribution in [2.45, 2.75) is 13.8 Å². The normalized spacial score (nSPS) is 17.1. The molecule has 1 aliphatic heterocycles. The number of piperazine rings is 1. The number of hydrogen-bond acceptors (Lipinski definition) is 4. The van der Waals surface area contributed by atoms with Crippen molar-refractivity contribution < 1.29 is 9.59 Å². The highest BCUT2D eigenvalue weighted by molar-refractivity contribution is 6.02. The van der Waals surface area contributed by atoms with E-state index in [1.165, 1.54) is 4.90 Å². The zero-order valence-electron chi connectivity index (χ0n) is 11.7. The molecule has 0 saturated carbocycles. The summed E-state index contributed by atoms with van der Waals surface area (Å²) in [5, 5.41) is 8.79. The van der Waals surface area contributed by atoms with Crippen LogP contribution in [0.15, 0.2) is 24.3 Å². The molecule has 1 heterocycles. The van der Waals surface area contributed by atoms with Gasteiger partial charge in [-0.3, -0.25) is 14.5 Å². The molecule has 5 nitrogen and oxygen atoms in total. The van der Waals surface area contributed by atoms with Gasteiger partial charge in [0, 0.05) is 12.2 Å². The summed E-state index contributed by atoms with van der Waals surface area (Å²) in [6.45, 7) is 4.18. The Morgan fingerprint density at radius 2 is 1.85 bits per heavy atom. The summed E-state index contributed by atoms with van der Waals surface area (Å²) in [5.74, 6) is -0.828. The molecule has 20 heavy (non-hydrogen) atoms. The maximum Gasteiger partial charge on any atom is 0.248 e. The average Bonchev–Trinajstić information content (AvgIpc) is 2.42. The third kappa shape index (κ3) is 2.80. The number of nitrogens with zero attached hydrogens (tertiary/aromatic N) is 3. The number of benzene rings is 1. The number of anilines is 1. The van der Waals surface area contributed by atoms with Crippen LogP contribution in [0.2, 0.25) is 0 Å². The van der Waals surface area contributed by atoms with Gasteiger partial charge in [-0.05, 0) is 25.5 Å². The molecule has 1 atom stereocenters. The second-order valence-corrected chi connectivity index (χ2v) is 5.07. The molecule has 0 aromatic heterocycles. The van der Waals surface area contributed by atoms with E-state index in [0.29, 0.717) is 0 Å². The van der Waals surface area contributed by atoms with Crippen molar-refractivity contribution in [3.63, 3.8) is 0 Å². The van der Waals surface area contributed by atoms with Crippen molar-refractivity contribution in [3.05, 3.63) is 29.8 Å². The molecule has 1 aliphatic rings. The summed E-state index contributed by atoms with van der Waals surface area (Å²) in [5.41, 5.74) is 1.94. The Morgan fingerprint density at radius 1 is 1.25 bits per heavy atom. The molecule has 2 rings (SSSR count). The molecule has 104 valence electrons. The molecular weight excluding hydrogens is 254 g/mol. The fourth-order valence-electron chi connectivity index (χ4n) is 2.30. The minimum Gasteiger partial charge on any atom is -0.353 e. The first-order valence-electron chi connectivity index (χ1n) is 6.56. The van der Waals surface area contributed by atoms with Gasteiger partial charge in [0.2, 0.25) is 11.8 Å². The molecule has 0 aliphatic carbocycles. The highest BCUT2D eigenvalue weighted by atomic mass is 16.2. The first-order valence-corrected chi connectivity index (χ1v) is 6.56. The van der Waals surface area contributed by atoms with E-state index in [-0.39, 0.29) is 37.4 Å². The van der Waals surface area contributed by atoms with Crippen molar-refractivity contribution >= 4 is 17.5 Å². The molecule has 1 aromatic carbocycles. The largest absolute Gasteiger partial charge is 0.353 e. The minimum absolute atomic E-state index is 0.175. The highest BCUT2D eigenvalue weighted by Crippen LogP contribution is 2.21. The van der Waals surface area contributed by atoms with Gasteiger partial charge in [-0.2, -0.15) is 5.26 Å². The number of amides is 2. The van der Waals surface area contributed by atoms with Gasteiger partial charge >= 0.3 is 0 Å². The van der Waals surface area contributed by atoms with E-state index >= 15 is 0 Å². The fourth-order valence-corrected chi connectivity index (χ4v) is 2.30. The smallest absolute Gasteiger partial charge is 0.248 e. The Hall–Kier alpha value is -2.35. The first-order chi connectivity index (χ1) is 9.52. The Bertz CT molecular complexity index is 559. The van der Waals surface area contributed by atoms with Gasteiger partial charge in [0.25, 0.3) is 0 Å². The number of nitriles is 1. The molecule has 5 heteroatoms. The Balaban J connectivity index is 2.15.